The number of aryl methyl sites for hydroxylation is 1. The first-order valence-electron chi connectivity index (χ1n) is 6.69. The molecule has 1 unspecified atom stereocenters. The van der Waals surface area contributed by atoms with Crippen molar-refractivity contribution in [3.8, 4) is 5.75 Å². The number of hydrogen-bond donors (Lipinski definition) is 1. The molecule has 2 N–H and O–H groups in total. The highest BCUT2D eigenvalue weighted by Crippen LogP contribution is 2.39. The Labute approximate surface area is 113 Å². The van der Waals surface area contributed by atoms with Crippen molar-refractivity contribution in [2.45, 2.75) is 31.7 Å². The molecule has 0 aliphatic heterocycles. The molecule has 1 atom stereocenters. The summed E-state index contributed by atoms with van der Waals surface area (Å²) in [5.41, 5.74) is 6.40. The third kappa shape index (κ3) is 3.07. The van der Waals surface area contributed by atoms with Crippen molar-refractivity contribution >= 4 is 5.97 Å². The van der Waals surface area contributed by atoms with E-state index in [2.05, 4.69) is 6.92 Å². The molecule has 1 saturated carbocycles. The minimum atomic E-state index is -1.02. The number of ether oxygens (including phenoxy) is 2. The zero-order valence-electron chi connectivity index (χ0n) is 11.5. The molecule has 1 aliphatic rings. The Balaban J connectivity index is 2.00. The molecule has 0 heterocycles. The van der Waals surface area contributed by atoms with Gasteiger partial charge in [-0.1, -0.05) is 19.1 Å². The van der Waals surface area contributed by atoms with Crippen molar-refractivity contribution in [1.29, 1.82) is 0 Å². The monoisotopic (exact) mass is 263 g/mol. The molecule has 1 fully saturated rings. The fourth-order valence-corrected chi connectivity index (χ4v) is 2.16. The fraction of sp³-hybridized carbons (Fsp3) is 0.533. The average Bonchev–Trinajstić information content (AvgIpc) is 3.29. The second-order valence-corrected chi connectivity index (χ2v) is 5.09. The summed E-state index contributed by atoms with van der Waals surface area (Å²) in [4.78, 5) is 11.8. The Morgan fingerprint density at radius 1 is 1.37 bits per heavy atom. The van der Waals surface area contributed by atoms with E-state index >= 15 is 0 Å². The van der Waals surface area contributed by atoms with Gasteiger partial charge in [-0.05, 0) is 42.9 Å². The summed E-state index contributed by atoms with van der Waals surface area (Å²) in [6.07, 6.45) is 2.92. The van der Waals surface area contributed by atoms with Crippen LogP contribution in [0.1, 0.15) is 25.3 Å². The number of nitrogens with two attached hydrogens (primary N) is 1. The lowest BCUT2D eigenvalue weighted by atomic mass is 9.96. The van der Waals surface area contributed by atoms with Crippen LogP contribution < -0.4 is 10.5 Å². The number of hydrogen-bond acceptors (Lipinski definition) is 4. The highest BCUT2D eigenvalue weighted by Gasteiger charge is 2.49. The molecule has 1 aromatic rings. The summed E-state index contributed by atoms with van der Waals surface area (Å²) < 4.78 is 10.5. The predicted octanol–water partition coefficient (Wildman–Crippen LogP) is 1.91. The van der Waals surface area contributed by atoms with Gasteiger partial charge in [0, 0.05) is 0 Å². The van der Waals surface area contributed by atoms with E-state index in [-0.39, 0.29) is 18.5 Å². The van der Waals surface area contributed by atoms with Gasteiger partial charge in [-0.25, -0.2) is 4.79 Å². The van der Waals surface area contributed by atoms with Gasteiger partial charge in [-0.3, -0.25) is 0 Å². The first-order valence-corrected chi connectivity index (χ1v) is 6.69. The van der Waals surface area contributed by atoms with Gasteiger partial charge in [0.05, 0.1) is 7.11 Å². The van der Waals surface area contributed by atoms with E-state index in [0.29, 0.717) is 0 Å². The summed E-state index contributed by atoms with van der Waals surface area (Å²) >= 11 is 0. The maximum Gasteiger partial charge on any atom is 0.329 e. The number of benzene rings is 1. The van der Waals surface area contributed by atoms with Gasteiger partial charge >= 0.3 is 5.97 Å². The first kappa shape index (κ1) is 13.9. The van der Waals surface area contributed by atoms with Gasteiger partial charge in [-0.2, -0.15) is 0 Å². The van der Waals surface area contributed by atoms with Crippen LogP contribution in [0.4, 0.5) is 0 Å². The quantitative estimate of drug-likeness (QED) is 0.796. The van der Waals surface area contributed by atoms with E-state index in [0.717, 1.165) is 25.0 Å². The molecule has 0 amide bonds. The van der Waals surface area contributed by atoms with E-state index in [9.17, 15) is 4.79 Å². The predicted molar refractivity (Wildman–Crippen MR) is 73.0 cm³/mol. The molecular weight excluding hydrogens is 242 g/mol. The molecule has 19 heavy (non-hydrogen) atoms. The van der Waals surface area contributed by atoms with Crippen LogP contribution in [0.25, 0.3) is 0 Å². The Kier molecular flexibility index (Phi) is 4.10. The molecule has 104 valence electrons. The van der Waals surface area contributed by atoms with Gasteiger partial charge in [0.15, 0.2) is 5.54 Å². The molecule has 0 spiro atoms. The smallest absolute Gasteiger partial charge is 0.329 e. The van der Waals surface area contributed by atoms with Gasteiger partial charge in [0.1, 0.15) is 12.4 Å². The van der Waals surface area contributed by atoms with Gasteiger partial charge in [0.25, 0.3) is 0 Å². The molecule has 0 aromatic heterocycles. The molecule has 1 aliphatic carbocycles. The lowest BCUT2D eigenvalue weighted by Gasteiger charge is -2.26. The largest absolute Gasteiger partial charge is 0.491 e. The molecule has 1 aromatic carbocycles. The minimum absolute atomic E-state index is 0.163. The lowest BCUT2D eigenvalue weighted by molar-refractivity contribution is -0.149. The van der Waals surface area contributed by atoms with Crippen molar-refractivity contribution in [3.05, 3.63) is 29.8 Å². The number of carbonyl (C=O) groups excluding carboxylic acids is 1. The van der Waals surface area contributed by atoms with Crippen LogP contribution in [0.3, 0.4) is 0 Å². The van der Waals surface area contributed by atoms with E-state index in [1.165, 1.54) is 12.7 Å². The third-order valence-corrected chi connectivity index (χ3v) is 3.68. The van der Waals surface area contributed by atoms with Crippen molar-refractivity contribution in [2.75, 3.05) is 13.7 Å². The Morgan fingerprint density at radius 2 is 2.00 bits per heavy atom. The lowest BCUT2D eigenvalue weighted by Crippen LogP contribution is -2.55. The van der Waals surface area contributed by atoms with Gasteiger partial charge < -0.3 is 15.2 Å². The van der Waals surface area contributed by atoms with E-state index in [1.54, 1.807) is 0 Å². The molecule has 0 bridgehead atoms. The zero-order chi connectivity index (χ0) is 13.9. The first-order chi connectivity index (χ1) is 9.10. The number of esters is 1. The number of methoxy groups -OCH3 is 1. The minimum Gasteiger partial charge on any atom is -0.491 e. The molecule has 0 radical (unpaired) electrons. The Hall–Kier alpha value is -1.55. The summed E-state index contributed by atoms with van der Waals surface area (Å²) in [7, 11) is 1.36. The topological polar surface area (TPSA) is 61.5 Å². The third-order valence-electron chi connectivity index (χ3n) is 3.68. The van der Waals surface area contributed by atoms with Crippen molar-refractivity contribution in [3.63, 3.8) is 0 Å². The highest BCUT2D eigenvalue weighted by atomic mass is 16.5. The van der Waals surface area contributed by atoms with Crippen molar-refractivity contribution in [1.82, 2.24) is 0 Å². The van der Waals surface area contributed by atoms with Crippen LogP contribution in [0.5, 0.6) is 5.75 Å². The summed E-state index contributed by atoms with van der Waals surface area (Å²) in [5, 5.41) is 0. The van der Waals surface area contributed by atoms with E-state index in [1.807, 2.05) is 24.3 Å². The van der Waals surface area contributed by atoms with Gasteiger partial charge in [0.2, 0.25) is 0 Å². The second-order valence-electron chi connectivity index (χ2n) is 5.09. The van der Waals surface area contributed by atoms with Crippen molar-refractivity contribution in [2.24, 2.45) is 11.7 Å². The number of carbonyl (C=O) groups is 1. The fourth-order valence-electron chi connectivity index (χ4n) is 2.16. The molecule has 0 saturated heterocycles. The van der Waals surface area contributed by atoms with Crippen molar-refractivity contribution < 1.29 is 14.3 Å². The van der Waals surface area contributed by atoms with Crippen LogP contribution in [0, 0.1) is 5.92 Å². The van der Waals surface area contributed by atoms with Crippen LogP contribution in [0.2, 0.25) is 0 Å². The summed E-state index contributed by atoms with van der Waals surface area (Å²) in [6, 6.07) is 7.85. The summed E-state index contributed by atoms with van der Waals surface area (Å²) in [5.74, 6) is 0.520. The Bertz CT molecular complexity index is 439. The standard InChI is InChI=1S/C15H21NO3/c1-3-11-4-8-13(9-5-11)19-10-15(16,12-6-7-12)14(17)18-2/h4-5,8-9,12H,3,6-7,10,16H2,1-2H3. The van der Waals surface area contributed by atoms with Crippen LogP contribution in [-0.2, 0) is 16.0 Å². The average molecular weight is 263 g/mol. The molecule has 2 rings (SSSR count). The zero-order valence-corrected chi connectivity index (χ0v) is 11.5. The SMILES string of the molecule is CCc1ccc(OCC(N)(C(=O)OC)C2CC2)cc1. The highest BCUT2D eigenvalue weighted by molar-refractivity contribution is 5.81. The Morgan fingerprint density at radius 3 is 2.47 bits per heavy atom. The van der Waals surface area contributed by atoms with Crippen LogP contribution in [-0.4, -0.2) is 25.2 Å². The number of rotatable bonds is 6. The summed E-state index contributed by atoms with van der Waals surface area (Å²) in [6.45, 7) is 2.26. The molecular formula is C15H21NO3. The maximum atomic E-state index is 11.8. The van der Waals surface area contributed by atoms with Gasteiger partial charge in [-0.15, -0.1) is 0 Å². The van der Waals surface area contributed by atoms with E-state index < -0.39 is 5.54 Å². The van der Waals surface area contributed by atoms with Crippen LogP contribution in [0.15, 0.2) is 24.3 Å². The van der Waals surface area contributed by atoms with E-state index in [4.69, 9.17) is 15.2 Å². The van der Waals surface area contributed by atoms with Crippen LogP contribution >= 0.6 is 0 Å². The second kappa shape index (κ2) is 5.61. The maximum absolute atomic E-state index is 11.8. The normalized spacial score (nSPS) is 17.6. The molecule has 4 heteroatoms. The molecule has 4 nitrogen and oxygen atoms in total.